The van der Waals surface area contributed by atoms with E-state index >= 15 is 0 Å². The van der Waals surface area contributed by atoms with Crippen LogP contribution in [0.5, 0.6) is 0 Å². The highest BCUT2D eigenvalue weighted by Crippen LogP contribution is 2.05. The number of carbonyl (C=O) groups is 2. The van der Waals surface area contributed by atoms with E-state index in [4.69, 9.17) is 4.74 Å². The van der Waals surface area contributed by atoms with Crippen LogP contribution in [-0.2, 0) is 20.9 Å². The van der Waals surface area contributed by atoms with Crippen molar-refractivity contribution >= 4 is 24.5 Å². The lowest BCUT2D eigenvalue weighted by atomic mass is 10.1. The zero-order valence-corrected chi connectivity index (χ0v) is 12.7. The summed E-state index contributed by atoms with van der Waals surface area (Å²) in [6.45, 7) is 3.94. The summed E-state index contributed by atoms with van der Waals surface area (Å²) in [5.41, 5.74) is 0.909. The van der Waals surface area contributed by atoms with Crippen molar-refractivity contribution < 1.29 is 14.3 Å². The Morgan fingerprint density at radius 1 is 1.30 bits per heavy atom. The number of benzene rings is 1. The summed E-state index contributed by atoms with van der Waals surface area (Å²) in [7, 11) is 0. The maximum atomic E-state index is 11.9. The van der Waals surface area contributed by atoms with Crippen molar-refractivity contribution in [2.24, 2.45) is 5.92 Å². The van der Waals surface area contributed by atoms with Gasteiger partial charge in [-0.3, -0.25) is 4.79 Å². The van der Waals surface area contributed by atoms with E-state index in [-0.39, 0.29) is 24.2 Å². The Bertz CT molecular complexity index is 436. The van der Waals surface area contributed by atoms with Gasteiger partial charge in [-0.1, -0.05) is 44.2 Å². The van der Waals surface area contributed by atoms with Crippen molar-refractivity contribution in [2.45, 2.75) is 32.9 Å². The Labute approximate surface area is 125 Å². The van der Waals surface area contributed by atoms with Crippen LogP contribution in [0.25, 0.3) is 0 Å². The van der Waals surface area contributed by atoms with Crippen LogP contribution in [-0.4, -0.2) is 23.7 Å². The number of nitrogens with one attached hydrogen (secondary N) is 1. The fourth-order valence-corrected chi connectivity index (χ4v) is 1.75. The van der Waals surface area contributed by atoms with E-state index in [1.165, 1.54) is 0 Å². The normalized spacial score (nSPS) is 13.3. The van der Waals surface area contributed by atoms with E-state index in [0.29, 0.717) is 0 Å². The second kappa shape index (κ2) is 8.64. The van der Waals surface area contributed by atoms with Crippen LogP contribution in [0.2, 0.25) is 0 Å². The summed E-state index contributed by atoms with van der Waals surface area (Å²) in [6.07, 6.45) is 0.726. The van der Waals surface area contributed by atoms with Gasteiger partial charge < -0.3 is 10.1 Å². The first-order valence-electron chi connectivity index (χ1n) is 6.70. The number of rotatable bonds is 7. The van der Waals surface area contributed by atoms with Crippen LogP contribution in [0.4, 0.5) is 0 Å². The summed E-state index contributed by atoms with van der Waals surface area (Å²) < 4.78 is 5.19. The third-order valence-corrected chi connectivity index (χ3v) is 3.43. The molecular weight excluding hydrogens is 274 g/mol. The molecule has 0 aliphatic carbocycles. The van der Waals surface area contributed by atoms with E-state index in [1.807, 2.05) is 44.2 Å². The Morgan fingerprint density at radius 3 is 2.50 bits per heavy atom. The molecule has 2 unspecified atom stereocenters. The molecule has 1 N–H and O–H groups in total. The van der Waals surface area contributed by atoms with Crippen LogP contribution in [0.3, 0.4) is 0 Å². The number of amides is 1. The van der Waals surface area contributed by atoms with Gasteiger partial charge in [-0.05, 0) is 12.0 Å². The van der Waals surface area contributed by atoms with Gasteiger partial charge in [0.2, 0.25) is 5.91 Å². The molecule has 1 rings (SSSR count). The molecule has 0 heterocycles. The summed E-state index contributed by atoms with van der Waals surface area (Å²) in [6, 6.07) is 8.70. The molecule has 1 aromatic rings. The lowest BCUT2D eigenvalue weighted by Crippen LogP contribution is -2.45. The van der Waals surface area contributed by atoms with Gasteiger partial charge in [-0.15, -0.1) is 0 Å². The predicted octanol–water partition coefficient (Wildman–Crippen LogP) is 2.19. The summed E-state index contributed by atoms with van der Waals surface area (Å²) in [5.74, 6) is -0.515. The van der Waals surface area contributed by atoms with E-state index in [0.717, 1.165) is 12.0 Å². The van der Waals surface area contributed by atoms with E-state index in [2.05, 4.69) is 17.9 Å². The highest BCUT2D eigenvalue weighted by atomic mass is 32.1. The van der Waals surface area contributed by atoms with Crippen molar-refractivity contribution in [1.82, 2.24) is 5.32 Å². The highest BCUT2D eigenvalue weighted by Gasteiger charge is 2.22. The lowest BCUT2D eigenvalue weighted by molar-refractivity contribution is -0.148. The van der Waals surface area contributed by atoms with Crippen molar-refractivity contribution in [2.75, 3.05) is 5.75 Å². The van der Waals surface area contributed by atoms with E-state index in [1.54, 1.807) is 0 Å². The van der Waals surface area contributed by atoms with Crippen LogP contribution < -0.4 is 5.32 Å². The lowest BCUT2D eigenvalue weighted by Gasteiger charge is -2.17. The number of esters is 1. The first kappa shape index (κ1) is 16.6. The Hall–Kier alpha value is -1.49. The van der Waals surface area contributed by atoms with Gasteiger partial charge in [0.1, 0.15) is 12.6 Å². The third kappa shape index (κ3) is 5.25. The Balaban J connectivity index is 2.48. The quantitative estimate of drug-likeness (QED) is 0.599. The van der Waals surface area contributed by atoms with Gasteiger partial charge in [0.25, 0.3) is 0 Å². The monoisotopic (exact) mass is 295 g/mol. The third-order valence-electron chi connectivity index (χ3n) is 3.07. The predicted molar refractivity (Wildman–Crippen MR) is 81.5 cm³/mol. The topological polar surface area (TPSA) is 55.4 Å². The second-order valence-electron chi connectivity index (χ2n) is 4.65. The molecule has 110 valence electrons. The number of hydrogen-bond acceptors (Lipinski definition) is 4. The van der Waals surface area contributed by atoms with E-state index in [9.17, 15) is 9.59 Å². The molecule has 0 aliphatic heterocycles. The molecule has 0 saturated heterocycles. The maximum Gasteiger partial charge on any atom is 0.329 e. The van der Waals surface area contributed by atoms with Crippen LogP contribution in [0.1, 0.15) is 25.8 Å². The first-order valence-corrected chi connectivity index (χ1v) is 7.33. The highest BCUT2D eigenvalue weighted by molar-refractivity contribution is 7.80. The van der Waals surface area contributed by atoms with Crippen molar-refractivity contribution in [1.29, 1.82) is 0 Å². The largest absolute Gasteiger partial charge is 0.459 e. The fraction of sp³-hybridized carbons (Fsp3) is 0.467. The minimum Gasteiger partial charge on any atom is -0.459 e. The molecule has 0 aliphatic rings. The molecule has 0 fully saturated rings. The minimum absolute atomic E-state index is 0.126. The van der Waals surface area contributed by atoms with Crippen LogP contribution in [0, 0.1) is 5.92 Å². The molecule has 0 saturated carbocycles. The SMILES string of the molecule is CCC(C)C(=O)NC(CS)C(=O)OCc1ccccc1. The number of hydrogen-bond donors (Lipinski definition) is 2. The second-order valence-corrected chi connectivity index (χ2v) is 5.01. The Morgan fingerprint density at radius 2 is 1.95 bits per heavy atom. The molecule has 2 atom stereocenters. The molecule has 0 spiro atoms. The zero-order valence-electron chi connectivity index (χ0n) is 11.8. The van der Waals surface area contributed by atoms with Gasteiger partial charge in [0.15, 0.2) is 0 Å². The molecular formula is C15H21NO3S. The summed E-state index contributed by atoms with van der Waals surface area (Å²) in [5, 5.41) is 2.66. The van der Waals surface area contributed by atoms with Gasteiger partial charge >= 0.3 is 5.97 Å². The summed E-state index contributed by atoms with van der Waals surface area (Å²) in [4.78, 5) is 23.7. The van der Waals surface area contributed by atoms with Gasteiger partial charge in [-0.25, -0.2) is 4.79 Å². The zero-order chi connectivity index (χ0) is 15.0. The fourth-order valence-electron chi connectivity index (χ4n) is 1.51. The van der Waals surface area contributed by atoms with Crippen molar-refractivity contribution in [3.05, 3.63) is 35.9 Å². The number of carbonyl (C=O) groups excluding carboxylic acids is 2. The van der Waals surface area contributed by atoms with Gasteiger partial charge in [0, 0.05) is 11.7 Å². The molecule has 0 radical (unpaired) electrons. The van der Waals surface area contributed by atoms with Crippen LogP contribution in [0.15, 0.2) is 30.3 Å². The molecule has 4 nitrogen and oxygen atoms in total. The number of thiol groups is 1. The molecule has 5 heteroatoms. The van der Waals surface area contributed by atoms with E-state index < -0.39 is 12.0 Å². The Kier molecular flexibility index (Phi) is 7.15. The van der Waals surface area contributed by atoms with Gasteiger partial charge in [-0.2, -0.15) is 12.6 Å². The van der Waals surface area contributed by atoms with Crippen molar-refractivity contribution in [3.8, 4) is 0 Å². The number of ether oxygens (including phenoxy) is 1. The maximum absolute atomic E-state index is 11.9. The van der Waals surface area contributed by atoms with Gasteiger partial charge in [0.05, 0.1) is 0 Å². The smallest absolute Gasteiger partial charge is 0.329 e. The molecule has 1 amide bonds. The molecule has 20 heavy (non-hydrogen) atoms. The molecule has 1 aromatic carbocycles. The van der Waals surface area contributed by atoms with Crippen molar-refractivity contribution in [3.63, 3.8) is 0 Å². The average Bonchev–Trinajstić information content (AvgIpc) is 2.50. The average molecular weight is 295 g/mol. The summed E-state index contributed by atoms with van der Waals surface area (Å²) >= 11 is 4.09. The standard InChI is InChI=1S/C15H21NO3S/c1-3-11(2)14(17)16-13(10-20)15(18)19-9-12-7-5-4-6-8-12/h4-8,11,13,20H,3,9-10H2,1-2H3,(H,16,17). The minimum atomic E-state index is -0.705. The molecule has 0 aromatic heterocycles. The van der Waals surface area contributed by atoms with Crippen LogP contribution >= 0.6 is 12.6 Å². The first-order chi connectivity index (χ1) is 9.58. The molecule has 0 bridgehead atoms.